The second-order valence-electron chi connectivity index (χ2n) is 4.22. The number of rotatable bonds is 0. The van der Waals surface area contributed by atoms with Crippen LogP contribution in [-0.2, 0) is 0 Å². The Morgan fingerprint density at radius 3 is 2.44 bits per heavy atom. The number of hydrogen-bond donors (Lipinski definition) is 3. The third kappa shape index (κ3) is 1.26. The molecule has 0 heterocycles. The van der Waals surface area contributed by atoms with Crippen LogP contribution in [0.2, 0.25) is 0 Å². The van der Waals surface area contributed by atoms with Crippen molar-refractivity contribution >= 4 is 5.78 Å². The van der Waals surface area contributed by atoms with Gasteiger partial charge in [-0.05, 0) is 11.6 Å². The lowest BCUT2D eigenvalue weighted by molar-refractivity contribution is 0.101. The summed E-state index contributed by atoms with van der Waals surface area (Å²) in [5.74, 6) is -1.24. The Hall–Kier alpha value is -2.33. The minimum absolute atomic E-state index is 0.0267. The molecular formula is C14H10O4. The van der Waals surface area contributed by atoms with E-state index >= 15 is 0 Å². The summed E-state index contributed by atoms with van der Waals surface area (Å²) in [4.78, 5) is 12.2. The number of carbonyl (C=O) groups is 1. The van der Waals surface area contributed by atoms with Crippen molar-refractivity contribution in [1.29, 1.82) is 0 Å². The maximum Gasteiger partial charge on any atom is 0.197 e. The van der Waals surface area contributed by atoms with Gasteiger partial charge in [0, 0.05) is 11.1 Å². The van der Waals surface area contributed by atoms with Crippen molar-refractivity contribution in [2.24, 2.45) is 0 Å². The Morgan fingerprint density at radius 2 is 1.67 bits per heavy atom. The highest BCUT2D eigenvalue weighted by Crippen LogP contribution is 2.41. The summed E-state index contributed by atoms with van der Waals surface area (Å²) in [6.45, 7) is 0. The summed E-state index contributed by atoms with van der Waals surface area (Å²) in [5, 5.41) is 29.4. The van der Waals surface area contributed by atoms with Gasteiger partial charge in [-0.15, -0.1) is 0 Å². The van der Waals surface area contributed by atoms with E-state index in [1.165, 1.54) is 12.1 Å². The van der Waals surface area contributed by atoms with E-state index in [2.05, 4.69) is 0 Å². The molecule has 2 aromatic carbocycles. The van der Waals surface area contributed by atoms with E-state index in [1.807, 2.05) is 0 Å². The molecule has 1 aliphatic rings. The standard InChI is InChI=1S/C14H10O4/c15-10-6-5-9-11(14(10)18)13(17)8-4-2-1-3-7(8)12(9)16/h1-6,12,15-16,18H. The summed E-state index contributed by atoms with van der Waals surface area (Å²) in [5.41, 5.74) is 1.15. The maximum atomic E-state index is 12.2. The molecule has 4 nitrogen and oxygen atoms in total. The molecule has 0 radical (unpaired) electrons. The lowest BCUT2D eigenvalue weighted by atomic mass is 9.82. The molecule has 0 fully saturated rings. The lowest BCUT2D eigenvalue weighted by Crippen LogP contribution is -2.19. The molecule has 3 N–H and O–H groups in total. The van der Waals surface area contributed by atoms with Crippen molar-refractivity contribution < 1.29 is 20.1 Å². The van der Waals surface area contributed by atoms with E-state index in [9.17, 15) is 20.1 Å². The molecule has 90 valence electrons. The number of carbonyl (C=O) groups excluding carboxylic acids is 1. The molecular weight excluding hydrogens is 232 g/mol. The molecule has 1 unspecified atom stereocenters. The normalized spacial score (nSPS) is 17.2. The second-order valence-corrected chi connectivity index (χ2v) is 4.22. The summed E-state index contributed by atoms with van der Waals surface area (Å²) in [7, 11) is 0. The first-order valence-electron chi connectivity index (χ1n) is 5.47. The number of ketones is 1. The van der Waals surface area contributed by atoms with Crippen LogP contribution in [-0.4, -0.2) is 21.1 Å². The number of phenols is 2. The lowest BCUT2D eigenvalue weighted by Gasteiger charge is -2.24. The average Bonchev–Trinajstić information content (AvgIpc) is 2.39. The largest absolute Gasteiger partial charge is 0.504 e. The number of aromatic hydroxyl groups is 2. The number of benzene rings is 2. The molecule has 0 aromatic heterocycles. The second kappa shape index (κ2) is 3.58. The molecule has 0 aliphatic heterocycles. The van der Waals surface area contributed by atoms with Gasteiger partial charge in [0.2, 0.25) is 0 Å². The molecule has 3 rings (SSSR count). The average molecular weight is 242 g/mol. The minimum atomic E-state index is -0.972. The van der Waals surface area contributed by atoms with E-state index in [0.717, 1.165) is 0 Å². The molecule has 2 aromatic rings. The summed E-state index contributed by atoms with van der Waals surface area (Å²) >= 11 is 0. The molecule has 0 spiro atoms. The van der Waals surface area contributed by atoms with Crippen LogP contribution in [0.25, 0.3) is 0 Å². The molecule has 0 saturated carbocycles. The first-order chi connectivity index (χ1) is 8.61. The zero-order valence-corrected chi connectivity index (χ0v) is 9.29. The first-order valence-corrected chi connectivity index (χ1v) is 5.47. The van der Waals surface area contributed by atoms with Gasteiger partial charge in [0.05, 0.1) is 5.56 Å². The number of phenolic OH excluding ortho intramolecular Hbond substituents is 2. The van der Waals surface area contributed by atoms with Crippen LogP contribution < -0.4 is 0 Å². The Bertz CT molecular complexity index is 661. The van der Waals surface area contributed by atoms with Crippen molar-refractivity contribution in [3.8, 4) is 11.5 Å². The van der Waals surface area contributed by atoms with Crippen LogP contribution >= 0.6 is 0 Å². The van der Waals surface area contributed by atoms with E-state index in [1.54, 1.807) is 24.3 Å². The van der Waals surface area contributed by atoms with E-state index in [4.69, 9.17) is 0 Å². The quantitative estimate of drug-likeness (QED) is 0.615. The van der Waals surface area contributed by atoms with Gasteiger partial charge in [-0.3, -0.25) is 4.79 Å². The number of aliphatic hydroxyl groups excluding tert-OH is 1. The Labute approximate surface area is 103 Å². The van der Waals surface area contributed by atoms with Gasteiger partial charge in [-0.2, -0.15) is 0 Å². The van der Waals surface area contributed by atoms with Crippen molar-refractivity contribution in [1.82, 2.24) is 0 Å². The molecule has 4 heteroatoms. The summed E-state index contributed by atoms with van der Waals surface area (Å²) in [6.07, 6.45) is -0.972. The molecule has 0 amide bonds. The van der Waals surface area contributed by atoms with Gasteiger partial charge in [0.15, 0.2) is 17.3 Å². The van der Waals surface area contributed by atoms with E-state index < -0.39 is 11.9 Å². The summed E-state index contributed by atoms with van der Waals surface area (Å²) < 4.78 is 0. The maximum absolute atomic E-state index is 12.2. The SMILES string of the molecule is O=C1c2ccccc2C(O)c2ccc(O)c(O)c21. The monoisotopic (exact) mass is 242 g/mol. The van der Waals surface area contributed by atoms with Crippen molar-refractivity contribution in [3.05, 3.63) is 58.7 Å². The van der Waals surface area contributed by atoms with Crippen LogP contribution in [0.5, 0.6) is 11.5 Å². The molecule has 0 bridgehead atoms. The third-order valence-electron chi connectivity index (χ3n) is 3.21. The van der Waals surface area contributed by atoms with Crippen molar-refractivity contribution in [3.63, 3.8) is 0 Å². The van der Waals surface area contributed by atoms with Gasteiger partial charge < -0.3 is 15.3 Å². The molecule has 1 aliphatic carbocycles. The Morgan fingerprint density at radius 1 is 0.944 bits per heavy atom. The Kier molecular flexibility index (Phi) is 2.15. The number of fused-ring (bicyclic) bond motifs is 2. The fraction of sp³-hybridized carbons (Fsp3) is 0.0714. The van der Waals surface area contributed by atoms with Gasteiger partial charge >= 0.3 is 0 Å². The van der Waals surface area contributed by atoms with Crippen molar-refractivity contribution in [2.45, 2.75) is 6.10 Å². The molecule has 18 heavy (non-hydrogen) atoms. The van der Waals surface area contributed by atoms with Gasteiger partial charge in [0.25, 0.3) is 0 Å². The predicted octanol–water partition coefficient (Wildman–Crippen LogP) is 1.72. The van der Waals surface area contributed by atoms with Crippen LogP contribution in [0.3, 0.4) is 0 Å². The highest BCUT2D eigenvalue weighted by atomic mass is 16.3. The Balaban J connectivity index is 2.34. The minimum Gasteiger partial charge on any atom is -0.504 e. The smallest absolute Gasteiger partial charge is 0.197 e. The first kappa shape index (κ1) is 10.8. The van der Waals surface area contributed by atoms with Gasteiger partial charge in [-0.25, -0.2) is 0 Å². The third-order valence-corrected chi connectivity index (χ3v) is 3.21. The number of aliphatic hydroxyl groups is 1. The van der Waals surface area contributed by atoms with Crippen LogP contribution in [0.15, 0.2) is 36.4 Å². The number of hydrogen-bond acceptors (Lipinski definition) is 4. The van der Waals surface area contributed by atoms with Crippen LogP contribution in [0.1, 0.15) is 33.2 Å². The highest BCUT2D eigenvalue weighted by molar-refractivity contribution is 6.14. The van der Waals surface area contributed by atoms with Gasteiger partial charge in [0.1, 0.15) is 6.10 Å². The highest BCUT2D eigenvalue weighted by Gasteiger charge is 2.32. The van der Waals surface area contributed by atoms with Crippen LogP contribution in [0, 0.1) is 0 Å². The fourth-order valence-electron chi connectivity index (χ4n) is 2.31. The van der Waals surface area contributed by atoms with Gasteiger partial charge in [-0.1, -0.05) is 30.3 Å². The molecule has 1 atom stereocenters. The zero-order chi connectivity index (χ0) is 12.9. The predicted molar refractivity (Wildman–Crippen MR) is 63.7 cm³/mol. The summed E-state index contributed by atoms with van der Waals surface area (Å²) in [6, 6.07) is 9.40. The zero-order valence-electron chi connectivity index (χ0n) is 9.29. The van der Waals surface area contributed by atoms with Crippen LogP contribution in [0.4, 0.5) is 0 Å². The fourth-order valence-corrected chi connectivity index (χ4v) is 2.31. The van der Waals surface area contributed by atoms with Crippen molar-refractivity contribution in [2.75, 3.05) is 0 Å². The van der Waals surface area contributed by atoms with E-state index in [0.29, 0.717) is 16.7 Å². The molecule has 0 saturated heterocycles. The van der Waals surface area contributed by atoms with E-state index in [-0.39, 0.29) is 17.1 Å². The topological polar surface area (TPSA) is 77.8 Å².